The number of aromatic nitrogens is 4. The molecule has 2 aromatic carbocycles. The number of halogens is 3. The molecule has 13 heteroatoms. The number of hydrogen-bond donors (Lipinski definition) is 0. The number of benzene rings is 2. The number of hydrogen-bond acceptors (Lipinski definition) is 8. The summed E-state index contributed by atoms with van der Waals surface area (Å²) < 4.78 is 33.6. The second-order valence-electron chi connectivity index (χ2n) is 9.43. The van der Waals surface area contributed by atoms with E-state index in [4.69, 9.17) is 16.0 Å². The van der Waals surface area contributed by atoms with Crippen molar-refractivity contribution in [3.63, 3.8) is 0 Å². The van der Waals surface area contributed by atoms with Gasteiger partial charge in [-0.05, 0) is 67.6 Å². The van der Waals surface area contributed by atoms with Crippen LogP contribution >= 0.6 is 15.9 Å². The van der Waals surface area contributed by atoms with Crippen LogP contribution in [-0.4, -0.2) is 38.0 Å². The third-order valence-corrected chi connectivity index (χ3v) is 6.62. The Kier molecular flexibility index (Phi) is 13.5. The van der Waals surface area contributed by atoms with Gasteiger partial charge in [-0.2, -0.15) is 9.59 Å². The van der Waals surface area contributed by atoms with Gasteiger partial charge in [0.1, 0.15) is 28.5 Å². The zero-order valence-electron chi connectivity index (χ0n) is 25.7. The third kappa shape index (κ3) is 10.5. The van der Waals surface area contributed by atoms with Crippen molar-refractivity contribution in [1.29, 1.82) is 0 Å². The van der Waals surface area contributed by atoms with Crippen molar-refractivity contribution in [3.05, 3.63) is 162 Å². The van der Waals surface area contributed by atoms with Crippen LogP contribution in [0.25, 0.3) is 11.3 Å². The van der Waals surface area contributed by atoms with Crippen LogP contribution in [0.3, 0.4) is 0 Å². The number of esters is 1. The second-order valence-corrected chi connectivity index (χ2v) is 10.3. The summed E-state index contributed by atoms with van der Waals surface area (Å²) >= 11 is 3.32. The Labute approximate surface area is 285 Å². The Morgan fingerprint density at radius 3 is 1.92 bits per heavy atom. The summed E-state index contributed by atoms with van der Waals surface area (Å²) in [6, 6.07) is 18.7. The fraction of sp³-hybridized carbons (Fsp3) is 0.0556. The minimum atomic E-state index is -0.739. The number of terminal acetylenes is 1. The highest BCUT2D eigenvalue weighted by Gasteiger charge is 2.13. The van der Waals surface area contributed by atoms with E-state index in [1.165, 1.54) is 52.6 Å². The monoisotopic (exact) mass is 724 g/mol. The fourth-order valence-corrected chi connectivity index (χ4v) is 4.16. The van der Waals surface area contributed by atoms with Crippen molar-refractivity contribution in [3.8, 4) is 24.2 Å². The number of rotatable bonds is 1. The zero-order chi connectivity index (χ0) is 35.9. The van der Waals surface area contributed by atoms with Crippen LogP contribution in [0, 0.1) is 42.7 Å². The topological polar surface area (TPSA) is 129 Å². The standard InChI is InChI=1S/C18H11FN2O3.C9H7BrN2O.C8H5F.CO2/c1-24-18(23)15-11-20-16-10-13(7-8-21(16)17(15)22)6-5-12-3-2-4-14(19)9-12;1-6-5-11-8-4-7(10)2-3-12(8)9(6)13;1-2-7-4-3-5-8(9)6-7;2-1-3/h2-4,7-11H,1H3;2-5H,1H3;1,3-6H;. The Morgan fingerprint density at radius 2 is 1.33 bits per heavy atom. The number of carbonyl (C=O) groups is 1. The number of nitrogens with zero attached hydrogens (tertiary/aromatic N) is 4. The van der Waals surface area contributed by atoms with Crippen LogP contribution in [0.15, 0.2) is 112 Å². The molecule has 0 amide bonds. The highest BCUT2D eigenvalue weighted by atomic mass is 79.9. The average molecular weight is 726 g/mol. The summed E-state index contributed by atoms with van der Waals surface area (Å²) in [6.07, 6.45) is 11.2. The van der Waals surface area contributed by atoms with Gasteiger partial charge in [0.2, 0.25) is 0 Å². The number of aryl methyl sites for hydroxylation is 1. The Balaban J connectivity index is 0.000000216. The summed E-state index contributed by atoms with van der Waals surface area (Å²) in [7, 11) is 1.20. The van der Waals surface area contributed by atoms with Crippen molar-refractivity contribution in [2.45, 2.75) is 6.92 Å². The number of methoxy groups -OCH3 is 1. The van der Waals surface area contributed by atoms with Crippen molar-refractivity contribution < 1.29 is 27.9 Å². The zero-order valence-corrected chi connectivity index (χ0v) is 27.3. The molecule has 0 aliphatic carbocycles. The second kappa shape index (κ2) is 18.0. The number of carbonyl (C=O) groups excluding carboxylic acids is 3. The van der Waals surface area contributed by atoms with Crippen LogP contribution in [0.2, 0.25) is 0 Å². The van der Waals surface area contributed by atoms with Crippen molar-refractivity contribution in [1.82, 2.24) is 18.8 Å². The lowest BCUT2D eigenvalue weighted by molar-refractivity contribution is -0.191. The molecule has 0 bridgehead atoms. The summed E-state index contributed by atoms with van der Waals surface area (Å²) in [5.74, 6) is 6.67. The Hall–Kier alpha value is -6.53. The van der Waals surface area contributed by atoms with Crippen LogP contribution in [0.1, 0.15) is 32.6 Å². The van der Waals surface area contributed by atoms with Crippen LogP contribution in [0.4, 0.5) is 8.78 Å². The quantitative estimate of drug-likeness (QED) is 0.171. The predicted molar refractivity (Wildman–Crippen MR) is 178 cm³/mol. The van der Waals surface area contributed by atoms with Gasteiger partial charge < -0.3 is 4.74 Å². The van der Waals surface area contributed by atoms with E-state index in [2.05, 4.69) is 48.4 Å². The van der Waals surface area contributed by atoms with Gasteiger partial charge in [0.25, 0.3) is 11.1 Å². The van der Waals surface area contributed by atoms with E-state index < -0.39 is 11.5 Å². The summed E-state index contributed by atoms with van der Waals surface area (Å²) in [4.78, 5) is 59.7. The van der Waals surface area contributed by atoms with Crippen LogP contribution < -0.4 is 11.1 Å². The van der Waals surface area contributed by atoms with Crippen LogP contribution in [0.5, 0.6) is 0 Å². The van der Waals surface area contributed by atoms with E-state index in [1.54, 1.807) is 61.8 Å². The van der Waals surface area contributed by atoms with Gasteiger partial charge in [-0.1, -0.05) is 45.8 Å². The fourth-order valence-electron chi connectivity index (χ4n) is 3.83. The van der Waals surface area contributed by atoms with Gasteiger partial charge in [0, 0.05) is 51.5 Å². The molecule has 0 atom stereocenters. The molecule has 0 saturated heterocycles. The number of ether oxygens (including phenoxy) is 1. The van der Waals surface area contributed by atoms with E-state index in [9.17, 15) is 23.2 Å². The lowest BCUT2D eigenvalue weighted by atomic mass is 10.2. The molecule has 4 aromatic heterocycles. The predicted octanol–water partition coefficient (Wildman–Crippen LogP) is 5.01. The molecular weight excluding hydrogens is 702 g/mol. The maximum Gasteiger partial charge on any atom is 0.373 e. The number of pyridine rings is 2. The summed E-state index contributed by atoms with van der Waals surface area (Å²) in [5, 5.41) is 0. The molecule has 0 N–H and O–H groups in total. The van der Waals surface area contributed by atoms with Gasteiger partial charge in [-0.25, -0.2) is 23.5 Å². The molecular formula is C36H23BrF2N4O6. The molecule has 6 aromatic rings. The number of fused-ring (bicyclic) bond motifs is 2. The molecule has 0 spiro atoms. The van der Waals surface area contributed by atoms with Gasteiger partial charge in [0.15, 0.2) is 0 Å². The molecule has 0 aliphatic heterocycles. The minimum absolute atomic E-state index is 0.0162. The molecule has 0 unspecified atom stereocenters. The lowest BCUT2D eigenvalue weighted by Gasteiger charge is -2.03. The molecule has 0 fully saturated rings. The Morgan fingerprint density at radius 1 is 0.796 bits per heavy atom. The highest BCUT2D eigenvalue weighted by Crippen LogP contribution is 2.10. The largest absolute Gasteiger partial charge is 0.465 e. The third-order valence-electron chi connectivity index (χ3n) is 6.13. The van der Waals surface area contributed by atoms with Gasteiger partial charge in [-0.15, -0.1) is 6.42 Å². The maximum atomic E-state index is 13.1. The van der Waals surface area contributed by atoms with Crippen molar-refractivity contribution >= 4 is 39.3 Å². The summed E-state index contributed by atoms with van der Waals surface area (Å²) in [6.45, 7) is 1.75. The highest BCUT2D eigenvalue weighted by molar-refractivity contribution is 9.10. The smallest absolute Gasteiger partial charge is 0.373 e. The molecule has 0 aliphatic rings. The molecule has 6 rings (SSSR count). The first kappa shape index (κ1) is 36.9. The molecule has 4 heterocycles. The maximum absolute atomic E-state index is 13.1. The van der Waals surface area contributed by atoms with E-state index in [-0.39, 0.29) is 28.9 Å². The van der Waals surface area contributed by atoms with Crippen molar-refractivity contribution in [2.75, 3.05) is 7.11 Å². The van der Waals surface area contributed by atoms with Gasteiger partial charge >= 0.3 is 12.1 Å². The molecule has 0 saturated carbocycles. The minimum Gasteiger partial charge on any atom is -0.465 e. The van der Waals surface area contributed by atoms with Gasteiger partial charge in [0.05, 0.1) is 7.11 Å². The first-order valence-corrected chi connectivity index (χ1v) is 14.5. The average Bonchev–Trinajstić information content (AvgIpc) is 3.10. The first-order valence-electron chi connectivity index (χ1n) is 13.7. The summed E-state index contributed by atoms with van der Waals surface area (Å²) in [5.41, 5.74) is 2.71. The molecule has 244 valence electrons. The first-order chi connectivity index (χ1) is 23.5. The van der Waals surface area contributed by atoms with Crippen LogP contribution in [-0.2, 0) is 14.3 Å². The van der Waals surface area contributed by atoms with Gasteiger partial charge in [-0.3, -0.25) is 18.4 Å². The molecule has 0 radical (unpaired) electrons. The molecule has 10 nitrogen and oxygen atoms in total. The van der Waals surface area contributed by atoms with E-state index in [0.29, 0.717) is 33.5 Å². The van der Waals surface area contributed by atoms with E-state index in [1.807, 2.05) is 6.07 Å². The normalized spacial score (nSPS) is 9.47. The molecule has 49 heavy (non-hydrogen) atoms. The van der Waals surface area contributed by atoms with Crippen molar-refractivity contribution in [2.24, 2.45) is 0 Å². The van der Waals surface area contributed by atoms with E-state index in [0.717, 1.165) is 4.47 Å². The van der Waals surface area contributed by atoms with E-state index >= 15 is 0 Å². The Bertz CT molecular complexity index is 2400. The SMILES string of the molecule is C#Cc1cccc(F)c1.COC(=O)c1cnc2cc(C#Cc3cccc(F)c3)ccn2c1=O.Cc1cnc2cc(Br)ccn2c1=O.O=C=O. The lowest BCUT2D eigenvalue weighted by Crippen LogP contribution is -2.23.